The van der Waals surface area contributed by atoms with Gasteiger partial charge < -0.3 is 5.73 Å². The molecule has 0 fully saturated rings. The summed E-state index contributed by atoms with van der Waals surface area (Å²) in [6.45, 7) is 4.73. The van der Waals surface area contributed by atoms with Gasteiger partial charge in [-0.1, -0.05) is 13.8 Å². The number of hydrogen-bond donors (Lipinski definition) is 1. The predicted molar refractivity (Wildman–Crippen MR) is 68.7 cm³/mol. The van der Waals surface area contributed by atoms with Crippen LogP contribution in [-0.4, -0.2) is 52.1 Å². The molecule has 0 spiro atoms. The number of sulfonamides is 1. The normalized spacial score (nSPS) is 13.5. The van der Waals surface area contributed by atoms with Gasteiger partial charge in [-0.15, -0.1) is 0 Å². The molecule has 8 heteroatoms. The molecule has 0 aromatic carbocycles. The topological polar surface area (TPSA) is 97.5 Å². The number of sulfone groups is 1. The standard InChI is InChI=1S/C9H22N2O4S2/c1-9(2)7-11(6-4-5-10)17(14,15)8-16(3,12)13/h9H,4-8,10H2,1-3H3. The van der Waals surface area contributed by atoms with Crippen molar-refractivity contribution >= 4 is 19.9 Å². The Balaban J connectivity index is 4.88. The van der Waals surface area contributed by atoms with E-state index < -0.39 is 24.9 Å². The average Bonchev–Trinajstić information content (AvgIpc) is 2.07. The second kappa shape index (κ2) is 6.67. The molecule has 0 aromatic heterocycles. The van der Waals surface area contributed by atoms with E-state index in [9.17, 15) is 16.8 Å². The molecule has 0 saturated heterocycles. The predicted octanol–water partition coefficient (Wildman–Crippen LogP) is -0.375. The van der Waals surface area contributed by atoms with Gasteiger partial charge in [-0.05, 0) is 18.9 Å². The van der Waals surface area contributed by atoms with Crippen LogP contribution < -0.4 is 5.73 Å². The molecule has 0 saturated carbocycles. The Bertz CT molecular complexity index is 414. The fourth-order valence-corrected chi connectivity index (χ4v) is 5.06. The Morgan fingerprint density at radius 1 is 1.18 bits per heavy atom. The minimum Gasteiger partial charge on any atom is -0.330 e. The van der Waals surface area contributed by atoms with Crippen LogP contribution in [0.3, 0.4) is 0 Å². The highest BCUT2D eigenvalue weighted by atomic mass is 32.3. The van der Waals surface area contributed by atoms with Crippen molar-refractivity contribution in [3.05, 3.63) is 0 Å². The summed E-state index contributed by atoms with van der Waals surface area (Å²) in [5.74, 6) is 0.141. The lowest BCUT2D eigenvalue weighted by molar-refractivity contribution is 0.366. The zero-order valence-corrected chi connectivity index (χ0v) is 12.2. The molecule has 0 aliphatic rings. The van der Waals surface area contributed by atoms with Crippen LogP contribution in [-0.2, 0) is 19.9 Å². The fourth-order valence-electron chi connectivity index (χ4n) is 1.36. The fraction of sp³-hybridized carbons (Fsp3) is 1.00. The molecule has 0 aliphatic heterocycles. The Morgan fingerprint density at radius 2 is 1.71 bits per heavy atom. The first-order valence-corrected chi connectivity index (χ1v) is 9.11. The molecule has 0 radical (unpaired) electrons. The van der Waals surface area contributed by atoms with E-state index in [1.165, 1.54) is 4.31 Å². The van der Waals surface area contributed by atoms with Crippen molar-refractivity contribution in [2.75, 3.05) is 31.0 Å². The molecule has 0 heterocycles. The molecule has 0 amide bonds. The smallest absolute Gasteiger partial charge is 0.228 e. The van der Waals surface area contributed by atoms with Gasteiger partial charge in [0.15, 0.2) is 14.9 Å². The van der Waals surface area contributed by atoms with E-state index in [-0.39, 0.29) is 12.5 Å². The van der Waals surface area contributed by atoms with Gasteiger partial charge >= 0.3 is 0 Å². The first-order chi connectivity index (χ1) is 7.58. The van der Waals surface area contributed by atoms with E-state index >= 15 is 0 Å². The van der Waals surface area contributed by atoms with Gasteiger partial charge in [0.2, 0.25) is 10.0 Å². The van der Waals surface area contributed by atoms with E-state index in [1.807, 2.05) is 13.8 Å². The molecule has 104 valence electrons. The van der Waals surface area contributed by atoms with Gasteiger partial charge in [0.05, 0.1) is 0 Å². The Labute approximate surface area is 104 Å². The Morgan fingerprint density at radius 3 is 2.06 bits per heavy atom. The molecule has 0 atom stereocenters. The molecule has 2 N–H and O–H groups in total. The van der Waals surface area contributed by atoms with Crippen LogP contribution in [0.4, 0.5) is 0 Å². The third-order valence-corrected chi connectivity index (χ3v) is 5.96. The molecule has 0 rings (SSSR count). The van der Waals surface area contributed by atoms with E-state index in [0.717, 1.165) is 6.26 Å². The van der Waals surface area contributed by atoms with Crippen molar-refractivity contribution in [2.24, 2.45) is 11.7 Å². The van der Waals surface area contributed by atoms with Crippen LogP contribution in [0.25, 0.3) is 0 Å². The van der Waals surface area contributed by atoms with Gasteiger partial charge in [-0.25, -0.2) is 21.1 Å². The Hall–Kier alpha value is -0.180. The lowest BCUT2D eigenvalue weighted by Gasteiger charge is -2.23. The van der Waals surface area contributed by atoms with Crippen LogP contribution >= 0.6 is 0 Å². The van der Waals surface area contributed by atoms with Crippen molar-refractivity contribution in [3.63, 3.8) is 0 Å². The maximum atomic E-state index is 11.9. The minimum absolute atomic E-state index is 0.141. The maximum absolute atomic E-state index is 11.9. The second-order valence-electron chi connectivity index (χ2n) is 4.55. The molecule has 0 bridgehead atoms. The van der Waals surface area contributed by atoms with E-state index in [4.69, 9.17) is 5.73 Å². The summed E-state index contributed by atoms with van der Waals surface area (Å²) in [6.07, 6.45) is 1.44. The number of rotatable bonds is 8. The van der Waals surface area contributed by atoms with E-state index in [1.54, 1.807) is 0 Å². The summed E-state index contributed by atoms with van der Waals surface area (Å²) in [6, 6.07) is 0. The summed E-state index contributed by atoms with van der Waals surface area (Å²) < 4.78 is 47.2. The number of nitrogens with zero attached hydrogens (tertiary/aromatic N) is 1. The largest absolute Gasteiger partial charge is 0.330 e. The van der Waals surface area contributed by atoms with Crippen LogP contribution in [0.5, 0.6) is 0 Å². The molecule has 0 aliphatic carbocycles. The average molecular weight is 286 g/mol. The van der Waals surface area contributed by atoms with Crippen LogP contribution in [0.1, 0.15) is 20.3 Å². The molecule has 17 heavy (non-hydrogen) atoms. The summed E-state index contributed by atoms with van der Waals surface area (Å²) in [7, 11) is -7.31. The zero-order chi connectivity index (χ0) is 13.7. The number of hydrogen-bond acceptors (Lipinski definition) is 5. The highest BCUT2D eigenvalue weighted by Crippen LogP contribution is 2.09. The molecular weight excluding hydrogens is 264 g/mol. The molecular formula is C9H22N2O4S2. The van der Waals surface area contributed by atoms with E-state index in [2.05, 4.69) is 0 Å². The lowest BCUT2D eigenvalue weighted by Crippen LogP contribution is -2.39. The van der Waals surface area contributed by atoms with Gasteiger partial charge in [0.25, 0.3) is 0 Å². The van der Waals surface area contributed by atoms with Crippen LogP contribution in [0.15, 0.2) is 0 Å². The third kappa shape index (κ3) is 7.69. The Kier molecular flexibility index (Phi) is 6.60. The minimum atomic E-state index is -3.76. The first-order valence-electron chi connectivity index (χ1n) is 5.44. The van der Waals surface area contributed by atoms with Crippen molar-refractivity contribution in [1.29, 1.82) is 0 Å². The first kappa shape index (κ1) is 16.8. The second-order valence-corrected chi connectivity index (χ2v) is 9.02. The molecule has 6 nitrogen and oxygen atoms in total. The highest BCUT2D eigenvalue weighted by Gasteiger charge is 2.26. The summed E-state index contributed by atoms with van der Waals surface area (Å²) >= 11 is 0. The van der Waals surface area contributed by atoms with Crippen LogP contribution in [0, 0.1) is 5.92 Å². The number of nitrogens with two attached hydrogens (primary N) is 1. The summed E-state index contributed by atoms with van der Waals surface area (Å²) in [4.78, 5) is 0. The van der Waals surface area contributed by atoms with Crippen molar-refractivity contribution in [1.82, 2.24) is 4.31 Å². The summed E-state index contributed by atoms with van der Waals surface area (Å²) in [5, 5.41) is -0.836. The van der Waals surface area contributed by atoms with Gasteiger partial charge in [0.1, 0.15) is 0 Å². The summed E-state index contributed by atoms with van der Waals surface area (Å²) in [5.41, 5.74) is 5.34. The van der Waals surface area contributed by atoms with E-state index in [0.29, 0.717) is 19.5 Å². The quantitative estimate of drug-likeness (QED) is 0.656. The maximum Gasteiger partial charge on any atom is 0.228 e. The van der Waals surface area contributed by atoms with Gasteiger partial charge in [-0.3, -0.25) is 0 Å². The molecule has 0 aromatic rings. The highest BCUT2D eigenvalue weighted by molar-refractivity contribution is 8.06. The van der Waals surface area contributed by atoms with Crippen molar-refractivity contribution in [3.8, 4) is 0 Å². The van der Waals surface area contributed by atoms with Crippen molar-refractivity contribution in [2.45, 2.75) is 20.3 Å². The van der Waals surface area contributed by atoms with Crippen molar-refractivity contribution < 1.29 is 16.8 Å². The van der Waals surface area contributed by atoms with Crippen LogP contribution in [0.2, 0.25) is 0 Å². The molecule has 0 unspecified atom stereocenters. The van der Waals surface area contributed by atoms with Gasteiger partial charge in [0, 0.05) is 19.3 Å². The SMILES string of the molecule is CC(C)CN(CCCN)S(=O)(=O)CS(C)(=O)=O. The third-order valence-electron chi connectivity index (χ3n) is 1.94. The zero-order valence-electron chi connectivity index (χ0n) is 10.6. The van der Waals surface area contributed by atoms with Gasteiger partial charge in [-0.2, -0.15) is 0 Å². The lowest BCUT2D eigenvalue weighted by atomic mass is 10.2. The monoisotopic (exact) mass is 286 g/mol.